The number of ether oxygens (including phenoxy) is 1. The lowest BCUT2D eigenvalue weighted by molar-refractivity contribution is -0.150. The lowest BCUT2D eigenvalue weighted by Crippen LogP contribution is -2.52. The molecule has 5 rings (SSSR count). The molecule has 2 aromatic carbocycles. The fourth-order valence-corrected chi connectivity index (χ4v) is 5.52. The molecule has 2 saturated heterocycles. The highest BCUT2D eigenvalue weighted by Crippen LogP contribution is 2.44. The van der Waals surface area contributed by atoms with Crippen molar-refractivity contribution in [1.29, 1.82) is 0 Å². The summed E-state index contributed by atoms with van der Waals surface area (Å²) < 4.78 is 5.58. The van der Waals surface area contributed by atoms with Crippen LogP contribution >= 0.6 is 0 Å². The third kappa shape index (κ3) is 3.51. The normalized spacial score (nSPS) is 24.3. The van der Waals surface area contributed by atoms with Crippen LogP contribution in [0.2, 0.25) is 0 Å². The first kappa shape index (κ1) is 20.5. The Bertz CT molecular complexity index is 1020. The van der Waals surface area contributed by atoms with E-state index < -0.39 is 24.1 Å². The number of carboxylic acid groups (broad SMARTS) is 1. The number of carboxylic acids is 1. The Morgan fingerprint density at radius 2 is 1.62 bits per heavy atom. The van der Waals surface area contributed by atoms with Crippen molar-refractivity contribution in [2.75, 3.05) is 6.61 Å². The average molecular weight is 434 g/mol. The fraction of sp³-hybridized carbons (Fsp3) is 0.400. The van der Waals surface area contributed by atoms with Crippen LogP contribution in [0.4, 0.5) is 4.79 Å². The van der Waals surface area contributed by atoms with Crippen molar-refractivity contribution >= 4 is 18.0 Å². The molecule has 0 unspecified atom stereocenters. The van der Waals surface area contributed by atoms with Gasteiger partial charge in [-0.25, -0.2) is 9.59 Å². The van der Waals surface area contributed by atoms with Gasteiger partial charge in [0.05, 0.1) is 0 Å². The number of fused-ring (bicyclic) bond motifs is 4. The molecule has 166 valence electrons. The van der Waals surface area contributed by atoms with Gasteiger partial charge in [0.1, 0.15) is 18.7 Å². The van der Waals surface area contributed by atoms with Gasteiger partial charge in [0.25, 0.3) is 0 Å². The molecule has 0 aromatic heterocycles. The number of nitrogens with zero attached hydrogens (tertiary/aromatic N) is 1. The molecular formula is C25H26N2O5. The number of nitrogens with one attached hydrogen (secondary N) is 1. The van der Waals surface area contributed by atoms with E-state index in [1.807, 2.05) is 24.3 Å². The second-order valence-corrected chi connectivity index (χ2v) is 8.78. The van der Waals surface area contributed by atoms with Crippen LogP contribution in [-0.4, -0.2) is 52.7 Å². The van der Waals surface area contributed by atoms with Crippen LogP contribution in [0.15, 0.2) is 48.5 Å². The Labute approximate surface area is 186 Å². The van der Waals surface area contributed by atoms with Gasteiger partial charge in [-0.1, -0.05) is 48.5 Å². The molecule has 3 atom stereocenters. The number of hydrogen-bond donors (Lipinski definition) is 2. The molecule has 2 heterocycles. The first-order valence-corrected chi connectivity index (χ1v) is 11.2. The fourth-order valence-electron chi connectivity index (χ4n) is 5.52. The Morgan fingerprint density at radius 1 is 0.969 bits per heavy atom. The third-order valence-corrected chi connectivity index (χ3v) is 7.01. The number of hydrogen-bond acceptors (Lipinski definition) is 4. The van der Waals surface area contributed by atoms with Gasteiger partial charge in [-0.3, -0.25) is 4.79 Å². The Kier molecular flexibility index (Phi) is 5.33. The number of aliphatic carboxylic acids is 1. The number of benzene rings is 2. The zero-order chi connectivity index (χ0) is 22.2. The van der Waals surface area contributed by atoms with Crippen LogP contribution in [0.5, 0.6) is 0 Å². The smallest absolute Gasteiger partial charge is 0.407 e. The molecule has 7 heteroatoms. The van der Waals surface area contributed by atoms with Crippen LogP contribution < -0.4 is 5.32 Å². The van der Waals surface area contributed by atoms with E-state index >= 15 is 0 Å². The third-order valence-electron chi connectivity index (χ3n) is 7.01. The van der Waals surface area contributed by atoms with Crippen molar-refractivity contribution in [2.45, 2.75) is 56.1 Å². The molecule has 0 radical (unpaired) electrons. The zero-order valence-corrected chi connectivity index (χ0v) is 17.7. The van der Waals surface area contributed by atoms with E-state index in [0.29, 0.717) is 19.3 Å². The minimum Gasteiger partial charge on any atom is -0.480 e. The van der Waals surface area contributed by atoms with E-state index in [2.05, 4.69) is 29.6 Å². The summed E-state index contributed by atoms with van der Waals surface area (Å²) in [6.07, 6.45) is 2.52. The highest BCUT2D eigenvalue weighted by atomic mass is 16.5. The molecule has 2 aromatic rings. The molecule has 2 N–H and O–H groups in total. The molecule has 7 nitrogen and oxygen atoms in total. The highest BCUT2D eigenvalue weighted by Gasteiger charge is 2.45. The zero-order valence-electron chi connectivity index (χ0n) is 17.7. The number of alkyl carbamates (subject to hydrolysis) is 1. The van der Waals surface area contributed by atoms with Crippen LogP contribution in [0.25, 0.3) is 11.1 Å². The van der Waals surface area contributed by atoms with E-state index in [9.17, 15) is 19.5 Å². The summed E-state index contributed by atoms with van der Waals surface area (Å²) >= 11 is 0. The van der Waals surface area contributed by atoms with E-state index in [-0.39, 0.29) is 24.5 Å². The molecule has 0 saturated carbocycles. The number of amides is 2. The highest BCUT2D eigenvalue weighted by molar-refractivity contribution is 5.90. The minimum absolute atomic E-state index is 0.0575. The Hall–Kier alpha value is -3.35. The second-order valence-electron chi connectivity index (χ2n) is 8.78. The lowest BCUT2D eigenvalue weighted by atomic mass is 9.98. The van der Waals surface area contributed by atoms with Gasteiger partial charge in [-0.05, 0) is 54.4 Å². The summed E-state index contributed by atoms with van der Waals surface area (Å²) in [6.45, 7) is 0.171. The van der Waals surface area contributed by atoms with E-state index in [4.69, 9.17) is 4.74 Å². The monoisotopic (exact) mass is 434 g/mol. The molecule has 32 heavy (non-hydrogen) atoms. The summed E-state index contributed by atoms with van der Waals surface area (Å²) in [5, 5.41) is 12.2. The molecule has 0 spiro atoms. The Balaban J connectivity index is 1.26. The van der Waals surface area contributed by atoms with Crippen molar-refractivity contribution in [3.8, 4) is 11.1 Å². The summed E-state index contributed by atoms with van der Waals surface area (Å²) in [6, 6.07) is 14.6. The first-order chi connectivity index (χ1) is 15.5. The van der Waals surface area contributed by atoms with Crippen molar-refractivity contribution in [3.05, 3.63) is 59.7 Å². The van der Waals surface area contributed by atoms with Gasteiger partial charge in [0, 0.05) is 12.0 Å². The molecule has 3 aliphatic rings. The van der Waals surface area contributed by atoms with Crippen molar-refractivity contribution < 1.29 is 24.2 Å². The van der Waals surface area contributed by atoms with Gasteiger partial charge in [-0.15, -0.1) is 0 Å². The summed E-state index contributed by atoms with van der Waals surface area (Å²) in [5.74, 6) is -1.36. The molecule has 2 fully saturated rings. The number of carbonyl (C=O) groups is 3. The predicted molar refractivity (Wildman–Crippen MR) is 117 cm³/mol. The van der Waals surface area contributed by atoms with E-state index in [1.54, 1.807) is 0 Å². The largest absolute Gasteiger partial charge is 0.480 e. The maximum absolute atomic E-state index is 13.1. The molecule has 0 bridgehead atoms. The molecule has 1 aliphatic carbocycles. The summed E-state index contributed by atoms with van der Waals surface area (Å²) in [7, 11) is 0. The van der Waals surface area contributed by atoms with Crippen LogP contribution in [-0.2, 0) is 14.3 Å². The lowest BCUT2D eigenvalue weighted by Gasteiger charge is -2.29. The minimum atomic E-state index is -0.984. The van der Waals surface area contributed by atoms with Gasteiger partial charge in [-0.2, -0.15) is 0 Å². The number of rotatable bonds is 4. The second kappa shape index (κ2) is 8.30. The van der Waals surface area contributed by atoms with Crippen molar-refractivity contribution in [1.82, 2.24) is 10.2 Å². The van der Waals surface area contributed by atoms with Crippen LogP contribution in [0.3, 0.4) is 0 Å². The maximum atomic E-state index is 13.1. The van der Waals surface area contributed by atoms with Crippen LogP contribution in [0, 0.1) is 0 Å². The summed E-state index contributed by atoms with van der Waals surface area (Å²) in [5.41, 5.74) is 4.54. The quantitative estimate of drug-likeness (QED) is 0.768. The molecule has 2 aliphatic heterocycles. The van der Waals surface area contributed by atoms with Gasteiger partial charge < -0.3 is 20.1 Å². The summed E-state index contributed by atoms with van der Waals surface area (Å²) in [4.78, 5) is 38.8. The van der Waals surface area contributed by atoms with Gasteiger partial charge in [0.15, 0.2) is 0 Å². The number of carbonyl (C=O) groups excluding carboxylic acids is 2. The molecular weight excluding hydrogens is 408 g/mol. The maximum Gasteiger partial charge on any atom is 0.407 e. The van der Waals surface area contributed by atoms with Crippen molar-refractivity contribution in [2.24, 2.45) is 0 Å². The SMILES string of the molecule is O=C(N[C@H]1CCC[C@@H]2CC[C@@H](C(=O)O)N2C1=O)OCC1c2ccccc2-c2ccccc21. The van der Waals surface area contributed by atoms with Crippen LogP contribution in [0.1, 0.15) is 49.1 Å². The first-order valence-electron chi connectivity index (χ1n) is 11.2. The van der Waals surface area contributed by atoms with Gasteiger partial charge >= 0.3 is 12.1 Å². The Morgan fingerprint density at radius 3 is 2.28 bits per heavy atom. The standard InChI is InChI=1S/C25H26N2O5/c28-23-21(11-5-6-15-12-13-22(24(29)30)27(15)23)26-25(31)32-14-20-18-9-3-1-7-16(18)17-8-2-4-10-19(17)20/h1-4,7-10,15,20-22H,5-6,11-14H2,(H,26,31)(H,29,30)/t15-,21+,22+/m1/s1. The average Bonchev–Trinajstić information content (AvgIpc) is 3.32. The van der Waals surface area contributed by atoms with Crippen molar-refractivity contribution in [3.63, 3.8) is 0 Å². The van der Waals surface area contributed by atoms with E-state index in [0.717, 1.165) is 35.1 Å². The van der Waals surface area contributed by atoms with Gasteiger partial charge in [0.2, 0.25) is 5.91 Å². The molecule has 2 amide bonds. The predicted octanol–water partition coefficient (Wildman–Crippen LogP) is 3.52. The van der Waals surface area contributed by atoms with E-state index in [1.165, 1.54) is 4.90 Å². The topological polar surface area (TPSA) is 95.9 Å².